The lowest BCUT2D eigenvalue weighted by Gasteiger charge is -2.24. The molecule has 6 nitrogen and oxygen atoms in total. The Bertz CT molecular complexity index is 1110. The van der Waals surface area contributed by atoms with Gasteiger partial charge in [-0.05, 0) is 35.4 Å². The Kier molecular flexibility index (Phi) is 5.13. The predicted molar refractivity (Wildman–Crippen MR) is 109 cm³/mol. The zero-order chi connectivity index (χ0) is 21.3. The summed E-state index contributed by atoms with van der Waals surface area (Å²) in [6, 6.07) is 18.4. The molecule has 1 saturated heterocycles. The number of rotatable bonds is 6. The van der Waals surface area contributed by atoms with E-state index >= 15 is 0 Å². The van der Waals surface area contributed by atoms with Crippen molar-refractivity contribution in [3.63, 3.8) is 0 Å². The molecule has 0 spiro atoms. The standard InChI is InChI=1S/C23H21FN2O4/c1-23(18-10-6-8-15-7-2-3-9-17(15)18)21(28)26(22(29)25-23)13-16(27)14-30-20-12-5-4-11-19(20)24/h2-12,16,27H,13-14H2,1H3,(H,25,29)/t16-,23-/m0/s1. The third-order valence-corrected chi connectivity index (χ3v) is 5.26. The van der Waals surface area contributed by atoms with Crippen LogP contribution < -0.4 is 10.1 Å². The number of nitrogens with one attached hydrogen (secondary N) is 1. The van der Waals surface area contributed by atoms with Crippen LogP contribution in [0, 0.1) is 5.82 Å². The summed E-state index contributed by atoms with van der Waals surface area (Å²) in [6.07, 6.45) is -1.17. The molecule has 1 aliphatic heterocycles. The smallest absolute Gasteiger partial charge is 0.325 e. The number of ether oxygens (including phenoxy) is 1. The number of para-hydroxylation sites is 1. The zero-order valence-electron chi connectivity index (χ0n) is 16.3. The first-order valence-corrected chi connectivity index (χ1v) is 9.58. The number of imide groups is 1. The molecule has 3 aromatic carbocycles. The number of nitrogens with zero attached hydrogens (tertiary/aromatic N) is 1. The van der Waals surface area contributed by atoms with Crippen LogP contribution in [0.5, 0.6) is 5.75 Å². The van der Waals surface area contributed by atoms with Crippen molar-refractivity contribution in [1.82, 2.24) is 10.2 Å². The van der Waals surface area contributed by atoms with Gasteiger partial charge in [-0.1, -0.05) is 54.6 Å². The number of urea groups is 1. The largest absolute Gasteiger partial charge is 0.488 e. The second-order valence-corrected chi connectivity index (χ2v) is 7.39. The zero-order valence-corrected chi connectivity index (χ0v) is 16.3. The van der Waals surface area contributed by atoms with E-state index in [0.29, 0.717) is 5.56 Å². The number of fused-ring (bicyclic) bond motifs is 1. The number of aliphatic hydroxyl groups excluding tert-OH is 1. The van der Waals surface area contributed by atoms with Crippen LogP contribution in [0.3, 0.4) is 0 Å². The minimum absolute atomic E-state index is 0.00524. The molecule has 0 radical (unpaired) electrons. The molecular formula is C23H21FN2O4. The molecule has 3 aromatic rings. The van der Waals surface area contributed by atoms with Crippen LogP contribution >= 0.6 is 0 Å². The Morgan fingerprint density at radius 1 is 1.07 bits per heavy atom. The van der Waals surface area contributed by atoms with Gasteiger partial charge in [-0.25, -0.2) is 9.18 Å². The van der Waals surface area contributed by atoms with E-state index in [0.717, 1.165) is 15.7 Å². The van der Waals surface area contributed by atoms with Crippen molar-refractivity contribution in [3.05, 3.63) is 78.1 Å². The molecular weight excluding hydrogens is 387 g/mol. The summed E-state index contributed by atoms with van der Waals surface area (Å²) in [7, 11) is 0. The highest BCUT2D eigenvalue weighted by atomic mass is 19.1. The molecule has 2 atom stereocenters. The molecule has 0 unspecified atom stereocenters. The van der Waals surface area contributed by atoms with E-state index in [1.807, 2.05) is 42.5 Å². The predicted octanol–water partition coefficient (Wildman–Crippen LogP) is 3.19. The van der Waals surface area contributed by atoms with E-state index in [-0.39, 0.29) is 18.9 Å². The van der Waals surface area contributed by atoms with Gasteiger partial charge < -0.3 is 15.2 Å². The van der Waals surface area contributed by atoms with E-state index in [2.05, 4.69) is 5.32 Å². The van der Waals surface area contributed by atoms with Crippen molar-refractivity contribution in [3.8, 4) is 5.75 Å². The molecule has 4 rings (SSSR count). The summed E-state index contributed by atoms with van der Waals surface area (Å²) >= 11 is 0. The molecule has 2 N–H and O–H groups in total. The van der Waals surface area contributed by atoms with Gasteiger partial charge in [0.25, 0.3) is 5.91 Å². The van der Waals surface area contributed by atoms with Gasteiger partial charge in [0.2, 0.25) is 0 Å². The first-order valence-electron chi connectivity index (χ1n) is 9.58. The van der Waals surface area contributed by atoms with Crippen molar-refractivity contribution >= 4 is 22.7 Å². The molecule has 3 amide bonds. The quantitative estimate of drug-likeness (QED) is 0.614. The van der Waals surface area contributed by atoms with Crippen molar-refractivity contribution in [2.45, 2.75) is 18.6 Å². The molecule has 7 heteroatoms. The van der Waals surface area contributed by atoms with Crippen molar-refractivity contribution < 1.29 is 23.8 Å². The molecule has 0 bridgehead atoms. The molecule has 30 heavy (non-hydrogen) atoms. The van der Waals surface area contributed by atoms with Crippen molar-refractivity contribution in [2.75, 3.05) is 13.2 Å². The average Bonchev–Trinajstić information content (AvgIpc) is 2.96. The number of hydrogen-bond donors (Lipinski definition) is 2. The second-order valence-electron chi connectivity index (χ2n) is 7.39. The maximum absolute atomic E-state index is 13.7. The fourth-order valence-corrected chi connectivity index (χ4v) is 3.72. The summed E-state index contributed by atoms with van der Waals surface area (Å²) in [5.41, 5.74) is -0.581. The number of carbonyl (C=O) groups is 2. The maximum atomic E-state index is 13.7. The minimum atomic E-state index is -1.26. The van der Waals surface area contributed by atoms with Crippen LogP contribution in [-0.4, -0.2) is 41.2 Å². The fraction of sp³-hybridized carbons (Fsp3) is 0.217. The van der Waals surface area contributed by atoms with Gasteiger partial charge in [0.1, 0.15) is 18.2 Å². The summed E-state index contributed by atoms with van der Waals surface area (Å²) < 4.78 is 18.9. The van der Waals surface area contributed by atoms with Crippen molar-refractivity contribution in [2.24, 2.45) is 0 Å². The van der Waals surface area contributed by atoms with Crippen LogP contribution in [0.2, 0.25) is 0 Å². The lowest BCUT2D eigenvalue weighted by Crippen LogP contribution is -2.43. The van der Waals surface area contributed by atoms with Gasteiger partial charge in [-0.2, -0.15) is 0 Å². The first kappa shape index (κ1) is 19.8. The summed E-state index contributed by atoms with van der Waals surface area (Å²) in [5.74, 6) is -1.02. The maximum Gasteiger partial charge on any atom is 0.325 e. The van der Waals surface area contributed by atoms with Crippen LogP contribution in [0.4, 0.5) is 9.18 Å². The van der Waals surface area contributed by atoms with E-state index in [1.54, 1.807) is 13.0 Å². The Labute approximate surface area is 172 Å². The van der Waals surface area contributed by atoms with E-state index in [1.165, 1.54) is 18.2 Å². The Morgan fingerprint density at radius 3 is 2.57 bits per heavy atom. The van der Waals surface area contributed by atoms with Gasteiger partial charge in [-0.15, -0.1) is 0 Å². The third kappa shape index (κ3) is 3.48. The van der Waals surface area contributed by atoms with Gasteiger partial charge in [0.15, 0.2) is 11.6 Å². The SMILES string of the molecule is C[C@@]1(c2cccc3ccccc23)NC(=O)N(C[C@H](O)COc2ccccc2F)C1=O. The van der Waals surface area contributed by atoms with Crippen LogP contribution in [0.25, 0.3) is 10.8 Å². The third-order valence-electron chi connectivity index (χ3n) is 5.26. The number of β-amino-alcohol motifs (C(OH)–C–C–N with tert-alkyl or cyclic N) is 1. The molecule has 0 aliphatic carbocycles. The minimum Gasteiger partial charge on any atom is -0.488 e. The summed E-state index contributed by atoms with van der Waals surface area (Å²) in [4.78, 5) is 26.7. The Hall–Kier alpha value is -3.45. The van der Waals surface area contributed by atoms with Gasteiger partial charge in [0.05, 0.1) is 6.54 Å². The average molecular weight is 408 g/mol. The van der Waals surface area contributed by atoms with Crippen LogP contribution in [0.1, 0.15) is 12.5 Å². The highest BCUT2D eigenvalue weighted by Gasteiger charge is 2.49. The Morgan fingerprint density at radius 2 is 1.77 bits per heavy atom. The molecule has 1 aliphatic rings. The van der Waals surface area contributed by atoms with Crippen molar-refractivity contribution in [1.29, 1.82) is 0 Å². The summed E-state index contributed by atoms with van der Waals surface area (Å²) in [6.45, 7) is 1.12. The summed E-state index contributed by atoms with van der Waals surface area (Å²) in [5, 5.41) is 14.9. The van der Waals surface area contributed by atoms with Gasteiger partial charge in [0, 0.05) is 0 Å². The number of carbonyl (C=O) groups excluding carboxylic acids is 2. The van der Waals surface area contributed by atoms with E-state index < -0.39 is 29.4 Å². The monoisotopic (exact) mass is 408 g/mol. The van der Waals surface area contributed by atoms with Crippen LogP contribution in [-0.2, 0) is 10.3 Å². The Balaban J connectivity index is 1.51. The number of aliphatic hydroxyl groups is 1. The molecule has 1 heterocycles. The number of amides is 3. The lowest BCUT2D eigenvalue weighted by atomic mass is 9.88. The number of benzene rings is 3. The fourth-order valence-electron chi connectivity index (χ4n) is 3.72. The number of hydrogen-bond acceptors (Lipinski definition) is 4. The topological polar surface area (TPSA) is 78.9 Å². The molecule has 154 valence electrons. The second kappa shape index (κ2) is 7.76. The van der Waals surface area contributed by atoms with E-state index in [9.17, 15) is 19.1 Å². The first-order chi connectivity index (χ1) is 14.4. The van der Waals surface area contributed by atoms with Crippen LogP contribution in [0.15, 0.2) is 66.7 Å². The van der Waals surface area contributed by atoms with E-state index in [4.69, 9.17) is 4.74 Å². The van der Waals surface area contributed by atoms with Gasteiger partial charge >= 0.3 is 6.03 Å². The molecule has 0 aromatic heterocycles. The lowest BCUT2D eigenvalue weighted by molar-refractivity contribution is -0.132. The molecule has 0 saturated carbocycles. The normalized spacial score (nSPS) is 19.8. The highest BCUT2D eigenvalue weighted by molar-refractivity contribution is 6.09. The molecule has 1 fully saturated rings. The highest BCUT2D eigenvalue weighted by Crippen LogP contribution is 2.33. The van der Waals surface area contributed by atoms with Gasteiger partial charge in [-0.3, -0.25) is 9.69 Å². The number of halogens is 1.